The summed E-state index contributed by atoms with van der Waals surface area (Å²) in [5.41, 5.74) is 9.54. The van der Waals surface area contributed by atoms with Gasteiger partial charge in [-0.05, 0) is 62.4 Å². The zero-order valence-corrected chi connectivity index (χ0v) is 11.7. The van der Waals surface area contributed by atoms with Crippen LogP contribution in [0.15, 0.2) is 18.2 Å². The van der Waals surface area contributed by atoms with Crippen LogP contribution in [0.1, 0.15) is 30.9 Å². The predicted molar refractivity (Wildman–Crippen MR) is 76.6 cm³/mol. The summed E-state index contributed by atoms with van der Waals surface area (Å²) in [5, 5.41) is 0. The van der Waals surface area contributed by atoms with Crippen molar-refractivity contribution in [1.29, 1.82) is 0 Å². The van der Waals surface area contributed by atoms with E-state index < -0.39 is 0 Å². The summed E-state index contributed by atoms with van der Waals surface area (Å²) in [4.78, 5) is 2.35. The summed E-state index contributed by atoms with van der Waals surface area (Å²) >= 11 is 0. The van der Waals surface area contributed by atoms with Gasteiger partial charge in [0.1, 0.15) is 0 Å². The molecule has 0 aliphatic carbocycles. The van der Waals surface area contributed by atoms with E-state index in [2.05, 4.69) is 50.9 Å². The Kier molecular flexibility index (Phi) is 5.49. The normalized spacial score (nSPS) is 12.5. The highest BCUT2D eigenvalue weighted by Gasteiger charge is 2.07. The van der Waals surface area contributed by atoms with Crippen molar-refractivity contribution in [3.8, 4) is 0 Å². The largest absolute Gasteiger partial charge is 0.374 e. The van der Waals surface area contributed by atoms with Gasteiger partial charge in [-0.3, -0.25) is 0 Å². The summed E-state index contributed by atoms with van der Waals surface area (Å²) in [7, 11) is 2.17. The van der Waals surface area contributed by atoms with E-state index in [1.165, 1.54) is 23.2 Å². The number of nitrogens with zero attached hydrogens (tertiary/aromatic N) is 1. The highest BCUT2D eigenvalue weighted by atomic mass is 15.1. The van der Waals surface area contributed by atoms with Crippen molar-refractivity contribution < 1.29 is 0 Å². The summed E-state index contributed by atoms with van der Waals surface area (Å²) in [6.07, 6.45) is 2.34. The second-order valence-corrected chi connectivity index (χ2v) is 5.26. The van der Waals surface area contributed by atoms with Crippen molar-refractivity contribution in [2.45, 2.75) is 33.6 Å². The average molecular weight is 234 g/mol. The Hall–Kier alpha value is -1.02. The first-order chi connectivity index (χ1) is 8.02. The molecule has 1 aromatic carbocycles. The molecule has 2 N–H and O–H groups in total. The summed E-state index contributed by atoms with van der Waals surface area (Å²) in [6.45, 7) is 8.51. The monoisotopic (exact) mass is 234 g/mol. The van der Waals surface area contributed by atoms with Crippen LogP contribution in [-0.4, -0.2) is 20.1 Å². The van der Waals surface area contributed by atoms with E-state index in [4.69, 9.17) is 5.73 Å². The fraction of sp³-hybridized carbons (Fsp3) is 0.600. The van der Waals surface area contributed by atoms with Gasteiger partial charge in [-0.1, -0.05) is 13.0 Å². The maximum absolute atomic E-state index is 5.54. The molecule has 0 fully saturated rings. The molecule has 0 saturated heterocycles. The van der Waals surface area contributed by atoms with Crippen molar-refractivity contribution in [3.63, 3.8) is 0 Å². The number of aryl methyl sites for hydroxylation is 2. The van der Waals surface area contributed by atoms with Gasteiger partial charge in [0.15, 0.2) is 0 Å². The fourth-order valence-electron chi connectivity index (χ4n) is 2.30. The van der Waals surface area contributed by atoms with Gasteiger partial charge in [0.05, 0.1) is 0 Å². The third-order valence-corrected chi connectivity index (χ3v) is 3.13. The SMILES string of the molecule is Cc1cc(C)cc(N(C)CC(C)CCCN)c1. The van der Waals surface area contributed by atoms with Crippen LogP contribution in [0.25, 0.3) is 0 Å². The van der Waals surface area contributed by atoms with Crippen LogP contribution in [0.3, 0.4) is 0 Å². The van der Waals surface area contributed by atoms with Crippen molar-refractivity contribution in [2.24, 2.45) is 11.7 Å². The van der Waals surface area contributed by atoms with Gasteiger partial charge in [-0.15, -0.1) is 0 Å². The minimum atomic E-state index is 0.698. The third kappa shape index (κ3) is 4.78. The summed E-state index contributed by atoms with van der Waals surface area (Å²) < 4.78 is 0. The van der Waals surface area contributed by atoms with Gasteiger partial charge in [0.25, 0.3) is 0 Å². The van der Waals surface area contributed by atoms with Crippen LogP contribution in [0.4, 0.5) is 5.69 Å². The molecule has 0 saturated carbocycles. The van der Waals surface area contributed by atoms with E-state index in [-0.39, 0.29) is 0 Å². The molecule has 0 aliphatic rings. The lowest BCUT2D eigenvalue weighted by molar-refractivity contribution is 0.514. The number of hydrogen-bond donors (Lipinski definition) is 1. The molecule has 2 heteroatoms. The van der Waals surface area contributed by atoms with E-state index in [9.17, 15) is 0 Å². The lowest BCUT2D eigenvalue weighted by Crippen LogP contribution is -2.24. The minimum Gasteiger partial charge on any atom is -0.374 e. The van der Waals surface area contributed by atoms with Crippen molar-refractivity contribution in [3.05, 3.63) is 29.3 Å². The third-order valence-electron chi connectivity index (χ3n) is 3.13. The van der Waals surface area contributed by atoms with Crippen LogP contribution in [-0.2, 0) is 0 Å². The summed E-state index contributed by atoms with van der Waals surface area (Å²) in [5.74, 6) is 0.698. The number of hydrogen-bond acceptors (Lipinski definition) is 2. The Morgan fingerprint density at radius 2 is 1.76 bits per heavy atom. The van der Waals surface area contributed by atoms with Gasteiger partial charge >= 0.3 is 0 Å². The van der Waals surface area contributed by atoms with Gasteiger partial charge in [-0.2, -0.15) is 0 Å². The number of benzene rings is 1. The molecule has 0 aliphatic heterocycles. The van der Waals surface area contributed by atoms with Gasteiger partial charge in [0, 0.05) is 19.3 Å². The Balaban J connectivity index is 2.59. The smallest absolute Gasteiger partial charge is 0.0369 e. The molecule has 0 aromatic heterocycles. The molecular formula is C15H26N2. The predicted octanol–water partition coefficient (Wildman–Crippen LogP) is 3.11. The van der Waals surface area contributed by atoms with E-state index >= 15 is 0 Å². The lowest BCUT2D eigenvalue weighted by atomic mass is 10.0. The Morgan fingerprint density at radius 1 is 1.18 bits per heavy atom. The molecule has 0 bridgehead atoms. The van der Waals surface area contributed by atoms with Gasteiger partial charge in [0.2, 0.25) is 0 Å². The van der Waals surface area contributed by atoms with E-state index in [0.29, 0.717) is 5.92 Å². The standard InChI is InChI=1S/C15H26N2/c1-12(6-5-7-16)11-17(4)15-9-13(2)8-14(3)10-15/h8-10,12H,5-7,11,16H2,1-4H3. The fourth-order valence-corrected chi connectivity index (χ4v) is 2.30. The van der Waals surface area contributed by atoms with Crippen molar-refractivity contribution in [1.82, 2.24) is 0 Å². The van der Waals surface area contributed by atoms with Crippen LogP contribution in [0, 0.1) is 19.8 Å². The zero-order valence-electron chi connectivity index (χ0n) is 11.7. The number of rotatable bonds is 6. The number of nitrogens with two attached hydrogens (primary N) is 1. The molecule has 96 valence electrons. The summed E-state index contributed by atoms with van der Waals surface area (Å²) in [6, 6.07) is 6.72. The average Bonchev–Trinajstić information content (AvgIpc) is 2.25. The molecule has 2 nitrogen and oxygen atoms in total. The zero-order chi connectivity index (χ0) is 12.8. The maximum Gasteiger partial charge on any atom is 0.0369 e. The second kappa shape index (κ2) is 6.65. The van der Waals surface area contributed by atoms with E-state index in [1.807, 2.05) is 0 Å². The maximum atomic E-state index is 5.54. The lowest BCUT2D eigenvalue weighted by Gasteiger charge is -2.24. The molecule has 0 amide bonds. The Morgan fingerprint density at radius 3 is 2.29 bits per heavy atom. The Bertz CT molecular complexity index is 327. The van der Waals surface area contributed by atoms with Crippen molar-refractivity contribution >= 4 is 5.69 Å². The Labute approximate surface area is 106 Å². The molecule has 1 atom stereocenters. The highest BCUT2D eigenvalue weighted by Crippen LogP contribution is 2.19. The van der Waals surface area contributed by atoms with Crippen LogP contribution >= 0.6 is 0 Å². The first kappa shape index (κ1) is 14.0. The molecular weight excluding hydrogens is 208 g/mol. The van der Waals surface area contributed by atoms with E-state index in [1.54, 1.807) is 0 Å². The first-order valence-corrected chi connectivity index (χ1v) is 6.52. The molecule has 1 rings (SSSR count). The molecule has 0 radical (unpaired) electrons. The van der Waals surface area contributed by atoms with Crippen LogP contribution in [0.2, 0.25) is 0 Å². The molecule has 1 unspecified atom stereocenters. The first-order valence-electron chi connectivity index (χ1n) is 6.52. The quantitative estimate of drug-likeness (QED) is 0.819. The topological polar surface area (TPSA) is 29.3 Å². The van der Waals surface area contributed by atoms with Crippen LogP contribution in [0.5, 0.6) is 0 Å². The van der Waals surface area contributed by atoms with Gasteiger partial charge in [-0.25, -0.2) is 0 Å². The highest BCUT2D eigenvalue weighted by molar-refractivity contribution is 5.50. The van der Waals surface area contributed by atoms with Gasteiger partial charge < -0.3 is 10.6 Å². The molecule has 17 heavy (non-hydrogen) atoms. The molecule has 0 spiro atoms. The van der Waals surface area contributed by atoms with Crippen molar-refractivity contribution in [2.75, 3.05) is 25.0 Å². The molecule has 1 aromatic rings. The van der Waals surface area contributed by atoms with E-state index in [0.717, 1.165) is 19.5 Å². The second-order valence-electron chi connectivity index (χ2n) is 5.26. The molecule has 0 heterocycles. The number of anilines is 1. The minimum absolute atomic E-state index is 0.698. The van der Waals surface area contributed by atoms with Crippen LogP contribution < -0.4 is 10.6 Å².